The summed E-state index contributed by atoms with van der Waals surface area (Å²) < 4.78 is 11.5. The van der Waals surface area contributed by atoms with E-state index in [9.17, 15) is 0 Å². The summed E-state index contributed by atoms with van der Waals surface area (Å²) in [6.07, 6.45) is 2.23. The van der Waals surface area contributed by atoms with Crippen LogP contribution >= 0.6 is 24.0 Å². The number of rotatable bonds is 10. The molecule has 3 aromatic carbocycles. The van der Waals surface area contributed by atoms with Crippen molar-refractivity contribution in [3.05, 3.63) is 94.5 Å². The molecule has 5 heteroatoms. The minimum absolute atomic E-state index is 0. The molecule has 0 aliphatic rings. The first-order valence-electron chi connectivity index (χ1n) is 10.0. The summed E-state index contributed by atoms with van der Waals surface area (Å²) in [7, 11) is 1.67. The van der Waals surface area contributed by atoms with E-state index in [2.05, 4.69) is 48.6 Å². The molecule has 0 aromatic heterocycles. The van der Waals surface area contributed by atoms with Gasteiger partial charge in [0.2, 0.25) is 0 Å². The first-order chi connectivity index (χ1) is 14.2. The maximum atomic E-state index is 5.95. The van der Waals surface area contributed by atoms with E-state index in [4.69, 9.17) is 21.1 Å². The van der Waals surface area contributed by atoms with Gasteiger partial charge in [0.1, 0.15) is 6.61 Å². The molecule has 0 radical (unpaired) electrons. The molecule has 1 unspecified atom stereocenters. The third-order valence-electron chi connectivity index (χ3n) is 4.87. The Hall–Kier alpha value is -2.20. The summed E-state index contributed by atoms with van der Waals surface area (Å²) in [6.45, 7) is 3.46. The highest BCUT2D eigenvalue weighted by Crippen LogP contribution is 2.29. The Morgan fingerprint density at radius 2 is 1.60 bits per heavy atom. The second-order valence-corrected chi connectivity index (χ2v) is 7.47. The number of nitrogens with one attached hydrogen (secondary N) is 1. The predicted molar refractivity (Wildman–Crippen MR) is 127 cm³/mol. The first-order valence-corrected chi connectivity index (χ1v) is 10.4. The van der Waals surface area contributed by atoms with Gasteiger partial charge in [0.15, 0.2) is 11.5 Å². The smallest absolute Gasteiger partial charge is 0.161 e. The van der Waals surface area contributed by atoms with Gasteiger partial charge in [-0.3, -0.25) is 0 Å². The minimum Gasteiger partial charge on any atom is -0.493 e. The van der Waals surface area contributed by atoms with Crippen molar-refractivity contribution in [2.75, 3.05) is 7.11 Å². The van der Waals surface area contributed by atoms with E-state index in [0.717, 1.165) is 47.0 Å². The van der Waals surface area contributed by atoms with Crippen LogP contribution in [0.5, 0.6) is 11.5 Å². The Morgan fingerprint density at radius 1 is 0.900 bits per heavy atom. The predicted octanol–water partition coefficient (Wildman–Crippen LogP) is 6.98. The molecule has 1 atom stereocenters. The lowest BCUT2D eigenvalue weighted by atomic mass is 10.0. The molecule has 3 aromatic rings. The SMILES string of the molecule is CCCC(NCc1ccc(OCc2ccc(Cl)cc2)c(OC)c1)c1ccccc1.Cl. The largest absolute Gasteiger partial charge is 0.493 e. The number of methoxy groups -OCH3 is 1. The van der Waals surface area contributed by atoms with E-state index in [1.165, 1.54) is 5.56 Å². The van der Waals surface area contributed by atoms with Gasteiger partial charge in [-0.2, -0.15) is 0 Å². The molecule has 0 saturated heterocycles. The summed E-state index contributed by atoms with van der Waals surface area (Å²) >= 11 is 5.94. The molecule has 0 heterocycles. The number of hydrogen-bond acceptors (Lipinski definition) is 3. The maximum absolute atomic E-state index is 5.95. The fourth-order valence-corrected chi connectivity index (χ4v) is 3.41. The molecular formula is C25H29Cl2NO2. The van der Waals surface area contributed by atoms with Crippen LogP contribution < -0.4 is 14.8 Å². The molecule has 1 N–H and O–H groups in total. The van der Waals surface area contributed by atoms with Gasteiger partial charge in [-0.05, 0) is 47.4 Å². The van der Waals surface area contributed by atoms with E-state index in [1.807, 2.05) is 36.4 Å². The van der Waals surface area contributed by atoms with Crippen molar-refractivity contribution in [1.29, 1.82) is 0 Å². The second-order valence-electron chi connectivity index (χ2n) is 7.03. The van der Waals surface area contributed by atoms with Crippen LogP contribution in [0.3, 0.4) is 0 Å². The van der Waals surface area contributed by atoms with Crippen molar-refractivity contribution in [1.82, 2.24) is 5.32 Å². The molecule has 0 fully saturated rings. The molecule has 0 bridgehead atoms. The van der Waals surface area contributed by atoms with E-state index in [1.54, 1.807) is 7.11 Å². The minimum atomic E-state index is 0. The summed E-state index contributed by atoms with van der Waals surface area (Å²) in [5.41, 5.74) is 3.55. The highest BCUT2D eigenvalue weighted by molar-refractivity contribution is 6.30. The van der Waals surface area contributed by atoms with E-state index < -0.39 is 0 Å². The molecule has 30 heavy (non-hydrogen) atoms. The van der Waals surface area contributed by atoms with Gasteiger partial charge in [0.25, 0.3) is 0 Å². The van der Waals surface area contributed by atoms with Crippen LogP contribution in [0.15, 0.2) is 72.8 Å². The average Bonchev–Trinajstić information content (AvgIpc) is 2.77. The van der Waals surface area contributed by atoms with Crippen molar-refractivity contribution >= 4 is 24.0 Å². The first kappa shape index (κ1) is 24.1. The van der Waals surface area contributed by atoms with Crippen LogP contribution in [-0.4, -0.2) is 7.11 Å². The normalized spacial score (nSPS) is 11.4. The molecule has 0 spiro atoms. The van der Waals surface area contributed by atoms with Crippen molar-refractivity contribution in [3.8, 4) is 11.5 Å². The zero-order valence-electron chi connectivity index (χ0n) is 17.4. The number of ether oxygens (including phenoxy) is 2. The van der Waals surface area contributed by atoms with Gasteiger partial charge >= 0.3 is 0 Å². The molecule has 0 aliphatic carbocycles. The van der Waals surface area contributed by atoms with Gasteiger partial charge in [-0.15, -0.1) is 12.4 Å². The van der Waals surface area contributed by atoms with Crippen LogP contribution in [0.1, 0.15) is 42.5 Å². The molecule has 0 saturated carbocycles. The second kappa shape index (κ2) is 12.5. The molecule has 3 nitrogen and oxygen atoms in total. The molecule has 0 amide bonds. The summed E-state index contributed by atoms with van der Waals surface area (Å²) in [4.78, 5) is 0. The Bertz CT molecular complexity index is 885. The monoisotopic (exact) mass is 445 g/mol. The Labute approximate surface area is 190 Å². The molecule has 3 rings (SSSR count). The lowest BCUT2D eigenvalue weighted by Crippen LogP contribution is -2.20. The van der Waals surface area contributed by atoms with E-state index in [0.29, 0.717) is 12.6 Å². The summed E-state index contributed by atoms with van der Waals surface area (Å²) in [5, 5.41) is 4.40. The highest BCUT2D eigenvalue weighted by atomic mass is 35.5. The fraction of sp³-hybridized carbons (Fsp3) is 0.280. The lowest BCUT2D eigenvalue weighted by Gasteiger charge is -2.19. The Morgan fingerprint density at radius 3 is 2.27 bits per heavy atom. The van der Waals surface area contributed by atoms with Gasteiger partial charge in [0.05, 0.1) is 7.11 Å². The molecule has 0 aliphatic heterocycles. The Kier molecular flexibility index (Phi) is 10.0. The van der Waals surface area contributed by atoms with Gasteiger partial charge in [-0.25, -0.2) is 0 Å². The van der Waals surface area contributed by atoms with Gasteiger partial charge < -0.3 is 14.8 Å². The highest BCUT2D eigenvalue weighted by Gasteiger charge is 2.11. The third kappa shape index (κ3) is 6.94. The quantitative estimate of drug-likeness (QED) is 0.364. The summed E-state index contributed by atoms with van der Waals surface area (Å²) in [6, 6.07) is 24.7. The maximum Gasteiger partial charge on any atom is 0.161 e. The lowest BCUT2D eigenvalue weighted by molar-refractivity contribution is 0.284. The van der Waals surface area contributed by atoms with E-state index in [-0.39, 0.29) is 12.4 Å². The van der Waals surface area contributed by atoms with Crippen LogP contribution in [0.2, 0.25) is 5.02 Å². The zero-order chi connectivity index (χ0) is 20.5. The van der Waals surface area contributed by atoms with Crippen molar-refractivity contribution in [3.63, 3.8) is 0 Å². The van der Waals surface area contributed by atoms with Gasteiger partial charge in [-0.1, -0.05) is 73.5 Å². The molecular weight excluding hydrogens is 417 g/mol. The average molecular weight is 446 g/mol. The van der Waals surface area contributed by atoms with Crippen LogP contribution in [0, 0.1) is 0 Å². The standard InChI is InChI=1S/C25H28ClNO2.ClH/c1-3-7-23(21-8-5-4-6-9-21)27-17-20-12-15-24(25(16-20)28-2)29-18-19-10-13-22(26)14-11-19;/h4-6,8-16,23,27H,3,7,17-18H2,1-2H3;1H. The fourth-order valence-electron chi connectivity index (χ4n) is 3.28. The zero-order valence-corrected chi connectivity index (χ0v) is 19.0. The number of halogens is 2. The molecule has 160 valence electrons. The van der Waals surface area contributed by atoms with Crippen LogP contribution in [0.4, 0.5) is 0 Å². The Balaban J connectivity index is 0.00000320. The van der Waals surface area contributed by atoms with Gasteiger partial charge in [0, 0.05) is 17.6 Å². The number of hydrogen-bond donors (Lipinski definition) is 1. The van der Waals surface area contributed by atoms with Crippen molar-refractivity contribution < 1.29 is 9.47 Å². The summed E-state index contributed by atoms with van der Waals surface area (Å²) in [5.74, 6) is 1.48. The van der Waals surface area contributed by atoms with E-state index >= 15 is 0 Å². The van der Waals surface area contributed by atoms with Crippen LogP contribution in [0.25, 0.3) is 0 Å². The third-order valence-corrected chi connectivity index (χ3v) is 5.12. The van der Waals surface area contributed by atoms with Crippen molar-refractivity contribution in [2.45, 2.75) is 39.0 Å². The van der Waals surface area contributed by atoms with Crippen LogP contribution in [-0.2, 0) is 13.2 Å². The van der Waals surface area contributed by atoms with Crippen molar-refractivity contribution in [2.24, 2.45) is 0 Å². The topological polar surface area (TPSA) is 30.5 Å². The number of benzene rings is 3.